The summed E-state index contributed by atoms with van der Waals surface area (Å²) in [5.41, 5.74) is 3.37. The molecule has 1 aliphatic rings. The molecule has 1 aliphatic heterocycles. The van der Waals surface area contributed by atoms with Gasteiger partial charge in [0.1, 0.15) is 5.82 Å². The molecule has 10 heteroatoms. The number of halogens is 1. The van der Waals surface area contributed by atoms with Gasteiger partial charge in [-0.2, -0.15) is 17.9 Å². The third-order valence-electron chi connectivity index (χ3n) is 5.18. The molecule has 0 aliphatic carbocycles. The van der Waals surface area contributed by atoms with Crippen LogP contribution in [0.25, 0.3) is 0 Å². The highest BCUT2D eigenvalue weighted by molar-refractivity contribution is 7.92. The van der Waals surface area contributed by atoms with Crippen LogP contribution >= 0.6 is 0 Å². The van der Waals surface area contributed by atoms with Crippen molar-refractivity contribution in [2.75, 3.05) is 11.0 Å². The molecule has 0 bridgehead atoms. The van der Waals surface area contributed by atoms with Crippen LogP contribution in [0.15, 0.2) is 82.8 Å². The first-order valence-corrected chi connectivity index (χ1v) is 13.4. The van der Waals surface area contributed by atoms with Gasteiger partial charge in [-0.25, -0.2) is 12.8 Å². The maximum Gasteiger partial charge on any atom is 0.279 e. The van der Waals surface area contributed by atoms with Crippen LogP contribution in [0.5, 0.6) is 0 Å². The number of sulfonamides is 2. The van der Waals surface area contributed by atoms with Crippen molar-refractivity contribution in [3.8, 4) is 0 Å². The highest BCUT2D eigenvalue weighted by Gasteiger charge is 2.37. The molecule has 3 aromatic rings. The molecule has 1 heterocycles. The summed E-state index contributed by atoms with van der Waals surface area (Å²) < 4.78 is 66.6. The number of hydrazone groups is 1. The van der Waals surface area contributed by atoms with E-state index in [1.807, 2.05) is 31.2 Å². The van der Waals surface area contributed by atoms with Gasteiger partial charge in [0, 0.05) is 12.1 Å². The summed E-state index contributed by atoms with van der Waals surface area (Å²) in [6.07, 6.45) is 1.38. The Labute approximate surface area is 192 Å². The van der Waals surface area contributed by atoms with Crippen molar-refractivity contribution in [2.45, 2.75) is 24.3 Å². The lowest BCUT2D eigenvalue weighted by molar-refractivity contribution is 0.371. The van der Waals surface area contributed by atoms with Crippen LogP contribution in [-0.2, 0) is 20.0 Å². The molecular weight excluding hydrogens is 465 g/mol. The van der Waals surface area contributed by atoms with Crippen molar-refractivity contribution < 1.29 is 21.2 Å². The van der Waals surface area contributed by atoms with Gasteiger partial charge >= 0.3 is 0 Å². The summed E-state index contributed by atoms with van der Waals surface area (Å²) in [4.78, 5) is -0.0562. The molecule has 1 atom stereocenters. The first kappa shape index (κ1) is 22.9. The smallest absolute Gasteiger partial charge is 0.279 e. The van der Waals surface area contributed by atoms with Gasteiger partial charge in [-0.1, -0.05) is 42.0 Å². The largest absolute Gasteiger partial charge is 0.284 e. The second-order valence-electron chi connectivity index (χ2n) is 7.86. The van der Waals surface area contributed by atoms with E-state index in [2.05, 4.69) is 9.82 Å². The number of anilines is 1. The normalized spacial score (nSPS) is 16.5. The standard InChI is InChI=1S/C23H22FN3O4S2/c1-16-4-3-5-18(14-16)23-15-22(17-6-10-20(11-7-17)26-32(2,28)29)25-27(23)33(30,31)21-12-8-19(24)9-13-21/h3-14,23,26H,15H2,1-2H3/t23-/m0/s1. The van der Waals surface area contributed by atoms with Gasteiger partial charge in [0.15, 0.2) is 0 Å². The topological polar surface area (TPSA) is 95.9 Å². The van der Waals surface area contributed by atoms with Crippen LogP contribution in [0.2, 0.25) is 0 Å². The minimum Gasteiger partial charge on any atom is -0.284 e. The summed E-state index contributed by atoms with van der Waals surface area (Å²) in [5.74, 6) is -0.530. The fourth-order valence-electron chi connectivity index (χ4n) is 3.67. The van der Waals surface area contributed by atoms with Gasteiger partial charge in [-0.05, 0) is 54.4 Å². The highest BCUT2D eigenvalue weighted by atomic mass is 32.2. The maximum atomic E-state index is 13.4. The van der Waals surface area contributed by atoms with E-state index in [1.165, 1.54) is 12.1 Å². The Morgan fingerprint density at radius 3 is 2.24 bits per heavy atom. The highest BCUT2D eigenvalue weighted by Crippen LogP contribution is 2.37. The van der Waals surface area contributed by atoms with Crippen LogP contribution in [0.3, 0.4) is 0 Å². The van der Waals surface area contributed by atoms with Crippen molar-refractivity contribution in [3.63, 3.8) is 0 Å². The van der Waals surface area contributed by atoms with E-state index in [1.54, 1.807) is 24.3 Å². The van der Waals surface area contributed by atoms with Crippen molar-refractivity contribution in [3.05, 3.63) is 95.3 Å². The zero-order valence-electron chi connectivity index (χ0n) is 17.9. The molecule has 0 spiro atoms. The molecule has 1 N–H and O–H groups in total. The molecule has 0 radical (unpaired) electrons. The van der Waals surface area contributed by atoms with Gasteiger partial charge in [0.25, 0.3) is 10.0 Å². The predicted octanol–water partition coefficient (Wildman–Crippen LogP) is 4.05. The first-order chi connectivity index (χ1) is 15.5. The molecule has 3 aromatic carbocycles. The predicted molar refractivity (Wildman–Crippen MR) is 125 cm³/mol. The second kappa shape index (κ2) is 8.60. The zero-order chi connectivity index (χ0) is 23.8. The molecule has 0 aromatic heterocycles. The van der Waals surface area contributed by atoms with Crippen molar-refractivity contribution >= 4 is 31.4 Å². The van der Waals surface area contributed by atoms with Crippen molar-refractivity contribution in [1.82, 2.24) is 4.41 Å². The summed E-state index contributed by atoms with van der Waals surface area (Å²) in [6.45, 7) is 1.92. The Balaban J connectivity index is 1.74. The third kappa shape index (κ3) is 5.07. The van der Waals surface area contributed by atoms with Gasteiger partial charge < -0.3 is 0 Å². The number of rotatable bonds is 6. The van der Waals surface area contributed by atoms with E-state index >= 15 is 0 Å². The maximum absolute atomic E-state index is 13.4. The number of hydrogen-bond acceptors (Lipinski definition) is 5. The van der Waals surface area contributed by atoms with Crippen LogP contribution < -0.4 is 4.72 Å². The fourth-order valence-corrected chi connectivity index (χ4v) is 5.67. The zero-order valence-corrected chi connectivity index (χ0v) is 19.6. The molecule has 4 rings (SSSR count). The van der Waals surface area contributed by atoms with Gasteiger partial charge in [-0.3, -0.25) is 4.72 Å². The fraction of sp³-hybridized carbons (Fsp3) is 0.174. The molecule has 0 saturated heterocycles. The van der Waals surface area contributed by atoms with E-state index < -0.39 is 31.9 Å². The van der Waals surface area contributed by atoms with E-state index in [0.29, 0.717) is 23.4 Å². The third-order valence-corrected chi connectivity index (χ3v) is 7.48. The Bertz CT molecular complexity index is 1420. The van der Waals surface area contributed by atoms with Crippen LogP contribution in [0, 0.1) is 12.7 Å². The molecule has 0 fully saturated rings. The van der Waals surface area contributed by atoms with Crippen molar-refractivity contribution in [2.24, 2.45) is 5.10 Å². The summed E-state index contributed by atoms with van der Waals surface area (Å²) in [6, 6.07) is 18.2. The summed E-state index contributed by atoms with van der Waals surface area (Å²) in [7, 11) is -7.47. The number of nitrogens with zero attached hydrogens (tertiary/aromatic N) is 2. The molecule has 0 saturated carbocycles. The molecule has 33 heavy (non-hydrogen) atoms. The lowest BCUT2D eigenvalue weighted by Crippen LogP contribution is -2.27. The first-order valence-electron chi connectivity index (χ1n) is 10.1. The summed E-state index contributed by atoms with van der Waals surface area (Å²) in [5, 5.41) is 4.45. The lowest BCUT2D eigenvalue weighted by Gasteiger charge is -2.23. The quantitative estimate of drug-likeness (QED) is 0.568. The Morgan fingerprint density at radius 1 is 0.970 bits per heavy atom. The van der Waals surface area contributed by atoms with Gasteiger partial charge in [0.2, 0.25) is 10.0 Å². The van der Waals surface area contributed by atoms with E-state index in [-0.39, 0.29) is 4.90 Å². The molecular formula is C23H22FN3O4S2. The molecule has 7 nitrogen and oxygen atoms in total. The van der Waals surface area contributed by atoms with E-state index in [9.17, 15) is 21.2 Å². The average molecular weight is 488 g/mol. The van der Waals surface area contributed by atoms with Crippen LogP contribution in [0.4, 0.5) is 10.1 Å². The SMILES string of the molecule is Cc1cccc([C@@H]2CC(c3ccc(NS(C)(=O)=O)cc3)=NN2S(=O)(=O)c2ccc(F)cc2)c1. The van der Waals surface area contributed by atoms with E-state index in [0.717, 1.165) is 33.9 Å². The minimum atomic E-state index is -4.05. The Kier molecular flexibility index (Phi) is 5.98. The number of nitrogens with one attached hydrogen (secondary N) is 1. The number of aryl methyl sites for hydroxylation is 1. The molecule has 0 unspecified atom stereocenters. The lowest BCUT2D eigenvalue weighted by atomic mass is 9.98. The number of benzene rings is 3. The molecule has 0 amide bonds. The Hall–Kier alpha value is -3.24. The summed E-state index contributed by atoms with van der Waals surface area (Å²) >= 11 is 0. The second-order valence-corrected chi connectivity index (χ2v) is 11.4. The van der Waals surface area contributed by atoms with E-state index in [4.69, 9.17) is 0 Å². The van der Waals surface area contributed by atoms with Crippen molar-refractivity contribution in [1.29, 1.82) is 0 Å². The number of hydrogen-bond donors (Lipinski definition) is 1. The van der Waals surface area contributed by atoms with Crippen LogP contribution in [0.1, 0.15) is 29.2 Å². The molecule has 172 valence electrons. The van der Waals surface area contributed by atoms with Crippen LogP contribution in [-0.4, -0.2) is 33.2 Å². The Morgan fingerprint density at radius 2 is 1.64 bits per heavy atom. The van der Waals surface area contributed by atoms with Gasteiger partial charge in [-0.15, -0.1) is 0 Å². The minimum absolute atomic E-state index is 0.0562. The monoisotopic (exact) mass is 487 g/mol. The average Bonchev–Trinajstić information content (AvgIpc) is 3.20. The van der Waals surface area contributed by atoms with Gasteiger partial charge in [0.05, 0.1) is 22.9 Å².